The van der Waals surface area contributed by atoms with Crippen LogP contribution < -0.4 is 25.8 Å². The quantitative estimate of drug-likeness (QED) is 0.751. The van der Waals surface area contributed by atoms with Gasteiger partial charge in [-0.05, 0) is 30.3 Å². The summed E-state index contributed by atoms with van der Waals surface area (Å²) in [7, 11) is 3.07. The molecule has 0 fully saturated rings. The van der Waals surface area contributed by atoms with E-state index in [1.54, 1.807) is 43.5 Å². The maximum absolute atomic E-state index is 12.0. The van der Waals surface area contributed by atoms with E-state index in [-0.39, 0.29) is 0 Å². The average Bonchev–Trinajstić information content (AvgIpc) is 2.50. The highest BCUT2D eigenvalue weighted by molar-refractivity contribution is 6.34. The third-order valence-corrected chi connectivity index (χ3v) is 3.20. The van der Waals surface area contributed by atoms with Gasteiger partial charge in [-0.3, -0.25) is 0 Å². The summed E-state index contributed by atoms with van der Waals surface area (Å²) < 4.78 is 10.3. The summed E-state index contributed by atoms with van der Waals surface area (Å²) in [6.45, 7) is 0. The lowest BCUT2D eigenvalue weighted by atomic mass is 10.2. The zero-order valence-corrected chi connectivity index (χ0v) is 12.9. The fraction of sp³-hybridized carbons (Fsp3) is 0.133. The third-order valence-electron chi connectivity index (χ3n) is 2.88. The minimum absolute atomic E-state index is 0.363. The van der Waals surface area contributed by atoms with Gasteiger partial charge >= 0.3 is 6.03 Å². The molecule has 0 aliphatic heterocycles. The molecule has 0 aliphatic carbocycles. The standard InChI is InChI=1S/C15H16ClN3O3/c1-21-13-6-4-10(8-14(13)22-2)18-15(20)19-12-5-3-9(17)7-11(12)16/h3-8H,17H2,1-2H3,(H2,18,19,20). The monoisotopic (exact) mass is 321 g/mol. The summed E-state index contributed by atoms with van der Waals surface area (Å²) in [6, 6.07) is 9.47. The Balaban J connectivity index is 2.08. The average molecular weight is 322 g/mol. The number of anilines is 3. The Labute approximate surface area is 133 Å². The van der Waals surface area contributed by atoms with Crippen LogP contribution in [0.15, 0.2) is 36.4 Å². The Morgan fingerprint density at radius 2 is 1.77 bits per heavy atom. The minimum Gasteiger partial charge on any atom is -0.493 e. The molecule has 2 aromatic rings. The highest BCUT2D eigenvalue weighted by Gasteiger charge is 2.09. The molecule has 2 amide bonds. The molecule has 2 rings (SSSR count). The Morgan fingerprint density at radius 3 is 2.41 bits per heavy atom. The van der Waals surface area contributed by atoms with Gasteiger partial charge in [-0.2, -0.15) is 0 Å². The van der Waals surface area contributed by atoms with Gasteiger partial charge in [0.2, 0.25) is 0 Å². The van der Waals surface area contributed by atoms with E-state index in [2.05, 4.69) is 10.6 Å². The van der Waals surface area contributed by atoms with Gasteiger partial charge in [-0.1, -0.05) is 11.6 Å². The second-order valence-electron chi connectivity index (χ2n) is 4.39. The molecule has 0 spiro atoms. The highest BCUT2D eigenvalue weighted by atomic mass is 35.5. The number of amides is 2. The van der Waals surface area contributed by atoms with Crippen LogP contribution >= 0.6 is 11.6 Å². The summed E-state index contributed by atoms with van der Waals surface area (Å²) >= 11 is 6.00. The molecule has 116 valence electrons. The van der Waals surface area contributed by atoms with Gasteiger partial charge in [0.15, 0.2) is 11.5 Å². The van der Waals surface area contributed by atoms with Gasteiger partial charge in [0.05, 0.1) is 24.9 Å². The van der Waals surface area contributed by atoms with E-state index >= 15 is 0 Å². The van der Waals surface area contributed by atoms with Gasteiger partial charge in [-0.15, -0.1) is 0 Å². The molecule has 4 N–H and O–H groups in total. The van der Waals surface area contributed by atoms with Crippen LogP contribution in [0.4, 0.5) is 21.9 Å². The zero-order valence-electron chi connectivity index (χ0n) is 12.1. The number of ether oxygens (including phenoxy) is 2. The van der Waals surface area contributed by atoms with Crippen LogP contribution in [-0.2, 0) is 0 Å². The van der Waals surface area contributed by atoms with Gasteiger partial charge in [0.25, 0.3) is 0 Å². The summed E-state index contributed by atoms with van der Waals surface area (Å²) in [5.41, 5.74) is 7.15. The van der Waals surface area contributed by atoms with E-state index in [1.165, 1.54) is 7.11 Å². The van der Waals surface area contributed by atoms with Crippen LogP contribution in [0.2, 0.25) is 5.02 Å². The van der Waals surface area contributed by atoms with Crippen molar-refractivity contribution >= 4 is 34.7 Å². The molecule has 0 saturated carbocycles. The van der Waals surface area contributed by atoms with Crippen LogP contribution in [0.3, 0.4) is 0 Å². The number of nitrogens with two attached hydrogens (primary N) is 1. The first-order chi connectivity index (χ1) is 10.5. The normalized spacial score (nSPS) is 9.95. The van der Waals surface area contributed by atoms with Crippen LogP contribution in [0.25, 0.3) is 0 Å². The molecule has 0 bridgehead atoms. The first-order valence-corrected chi connectivity index (χ1v) is 6.76. The number of urea groups is 1. The van der Waals surface area contributed by atoms with Crippen molar-refractivity contribution in [2.45, 2.75) is 0 Å². The molecule has 22 heavy (non-hydrogen) atoms. The molecule has 0 aliphatic rings. The molecular weight excluding hydrogens is 306 g/mol. The second-order valence-corrected chi connectivity index (χ2v) is 4.80. The number of benzene rings is 2. The molecule has 0 unspecified atom stereocenters. The fourth-order valence-corrected chi connectivity index (χ4v) is 2.07. The minimum atomic E-state index is -0.432. The topological polar surface area (TPSA) is 85.6 Å². The molecule has 7 heteroatoms. The van der Waals surface area contributed by atoms with Crippen molar-refractivity contribution in [2.75, 3.05) is 30.6 Å². The van der Waals surface area contributed by atoms with Crippen molar-refractivity contribution in [2.24, 2.45) is 0 Å². The first-order valence-electron chi connectivity index (χ1n) is 6.38. The lowest BCUT2D eigenvalue weighted by Gasteiger charge is -2.12. The molecule has 6 nitrogen and oxygen atoms in total. The lowest BCUT2D eigenvalue weighted by molar-refractivity contribution is 0.262. The van der Waals surface area contributed by atoms with E-state index in [0.717, 1.165) is 0 Å². The van der Waals surface area contributed by atoms with Gasteiger partial charge in [0.1, 0.15) is 0 Å². The Hall–Kier alpha value is -2.60. The van der Waals surface area contributed by atoms with Gasteiger partial charge in [-0.25, -0.2) is 4.79 Å². The highest BCUT2D eigenvalue weighted by Crippen LogP contribution is 2.30. The maximum atomic E-state index is 12.0. The van der Waals surface area contributed by atoms with Crippen molar-refractivity contribution in [1.82, 2.24) is 0 Å². The van der Waals surface area contributed by atoms with Crippen molar-refractivity contribution in [3.8, 4) is 11.5 Å². The molecular formula is C15H16ClN3O3. The summed E-state index contributed by atoms with van der Waals surface area (Å²) in [4.78, 5) is 12.0. The maximum Gasteiger partial charge on any atom is 0.323 e. The van der Waals surface area contributed by atoms with Crippen molar-refractivity contribution in [1.29, 1.82) is 0 Å². The number of carbonyl (C=O) groups is 1. The molecule has 0 aromatic heterocycles. The predicted molar refractivity (Wildman–Crippen MR) is 88.1 cm³/mol. The predicted octanol–water partition coefficient (Wildman–Crippen LogP) is 3.58. The number of methoxy groups -OCH3 is 2. The van der Waals surface area contributed by atoms with Crippen LogP contribution in [0.5, 0.6) is 11.5 Å². The number of rotatable bonds is 4. The molecule has 0 atom stereocenters. The van der Waals surface area contributed by atoms with E-state index < -0.39 is 6.03 Å². The van der Waals surface area contributed by atoms with Gasteiger partial charge in [0, 0.05) is 17.4 Å². The lowest BCUT2D eigenvalue weighted by Crippen LogP contribution is -2.19. The number of nitrogens with one attached hydrogen (secondary N) is 2. The van der Waals surface area contributed by atoms with Crippen LogP contribution in [-0.4, -0.2) is 20.3 Å². The second kappa shape index (κ2) is 6.91. The first kappa shape index (κ1) is 15.8. The van der Waals surface area contributed by atoms with Crippen molar-refractivity contribution in [3.05, 3.63) is 41.4 Å². The van der Waals surface area contributed by atoms with Gasteiger partial charge < -0.3 is 25.8 Å². The smallest absolute Gasteiger partial charge is 0.323 e. The summed E-state index contributed by atoms with van der Waals surface area (Å²) in [5.74, 6) is 1.10. The number of hydrogen-bond donors (Lipinski definition) is 3. The largest absolute Gasteiger partial charge is 0.493 e. The van der Waals surface area contributed by atoms with E-state index in [9.17, 15) is 4.79 Å². The van der Waals surface area contributed by atoms with Crippen LogP contribution in [0.1, 0.15) is 0 Å². The molecule has 0 radical (unpaired) electrons. The molecule has 0 saturated heterocycles. The number of carbonyl (C=O) groups excluding carboxylic acids is 1. The summed E-state index contributed by atoms with van der Waals surface area (Å²) in [6.07, 6.45) is 0. The third kappa shape index (κ3) is 3.73. The number of nitrogen functional groups attached to an aromatic ring is 1. The summed E-state index contributed by atoms with van der Waals surface area (Å²) in [5, 5.41) is 5.69. The molecule has 2 aromatic carbocycles. The Morgan fingerprint density at radius 1 is 1.05 bits per heavy atom. The van der Waals surface area contributed by atoms with E-state index in [1.807, 2.05) is 0 Å². The van der Waals surface area contributed by atoms with Crippen LogP contribution in [0, 0.1) is 0 Å². The zero-order chi connectivity index (χ0) is 16.1. The van der Waals surface area contributed by atoms with Crippen molar-refractivity contribution < 1.29 is 14.3 Å². The number of halogens is 1. The Bertz CT molecular complexity index is 692. The van der Waals surface area contributed by atoms with E-state index in [0.29, 0.717) is 33.6 Å². The van der Waals surface area contributed by atoms with Crippen molar-refractivity contribution in [3.63, 3.8) is 0 Å². The fourth-order valence-electron chi connectivity index (χ4n) is 1.83. The molecule has 0 heterocycles. The van der Waals surface area contributed by atoms with E-state index in [4.69, 9.17) is 26.8 Å². The number of hydrogen-bond acceptors (Lipinski definition) is 4. The SMILES string of the molecule is COc1ccc(NC(=O)Nc2ccc(N)cc2Cl)cc1OC. The Kier molecular flexibility index (Phi) is 4.95.